The van der Waals surface area contributed by atoms with E-state index in [1.807, 2.05) is 0 Å². The van der Waals surface area contributed by atoms with Crippen LogP contribution < -0.4 is 5.32 Å². The Morgan fingerprint density at radius 1 is 1.33 bits per heavy atom. The number of aliphatic carboxylic acids is 1. The van der Waals surface area contributed by atoms with Gasteiger partial charge in [0.15, 0.2) is 0 Å². The Balaban J connectivity index is 2.15. The fourth-order valence-corrected chi connectivity index (χ4v) is 1.20. The zero-order valence-electron chi connectivity index (χ0n) is 8.37. The van der Waals surface area contributed by atoms with Crippen molar-refractivity contribution >= 4 is 5.97 Å². The minimum absolute atomic E-state index is 0.177. The minimum atomic E-state index is -0.779. The van der Waals surface area contributed by atoms with Crippen LogP contribution in [-0.4, -0.2) is 17.6 Å². The Hall–Kier alpha value is -1.42. The first-order valence-corrected chi connectivity index (χ1v) is 4.85. The molecule has 0 saturated carbocycles. The van der Waals surface area contributed by atoms with Crippen molar-refractivity contribution in [2.75, 3.05) is 6.54 Å². The predicted octanol–water partition coefficient (Wildman–Crippen LogP) is 1.78. The lowest BCUT2D eigenvalue weighted by atomic mass is 10.2. The second kappa shape index (κ2) is 6.14. The van der Waals surface area contributed by atoms with E-state index in [2.05, 4.69) is 5.32 Å². The molecule has 0 heterocycles. The van der Waals surface area contributed by atoms with Crippen molar-refractivity contribution in [3.63, 3.8) is 0 Å². The molecule has 0 aliphatic carbocycles. The fraction of sp³-hybridized carbons (Fsp3) is 0.364. The number of rotatable bonds is 6. The number of carboxylic acids is 1. The summed E-state index contributed by atoms with van der Waals surface area (Å²) in [5.74, 6) is -1.02. The first-order valence-electron chi connectivity index (χ1n) is 4.85. The zero-order valence-corrected chi connectivity index (χ0v) is 8.37. The first-order chi connectivity index (χ1) is 7.18. The summed E-state index contributed by atoms with van der Waals surface area (Å²) < 4.78 is 12.5. The summed E-state index contributed by atoms with van der Waals surface area (Å²) in [7, 11) is 0. The highest BCUT2D eigenvalue weighted by Gasteiger charge is 1.96. The van der Waals surface area contributed by atoms with E-state index in [1.165, 1.54) is 12.1 Å². The third kappa shape index (κ3) is 5.12. The van der Waals surface area contributed by atoms with Crippen LogP contribution in [0.3, 0.4) is 0 Å². The third-order valence-electron chi connectivity index (χ3n) is 1.99. The van der Waals surface area contributed by atoms with Gasteiger partial charge in [-0.05, 0) is 30.7 Å². The van der Waals surface area contributed by atoms with E-state index in [9.17, 15) is 9.18 Å². The summed E-state index contributed by atoms with van der Waals surface area (Å²) in [5, 5.41) is 11.5. The Bertz CT molecular complexity index is 311. The molecular formula is C11H14FNO2. The van der Waals surface area contributed by atoms with Gasteiger partial charge in [-0.15, -0.1) is 0 Å². The lowest BCUT2D eigenvalue weighted by Crippen LogP contribution is -2.15. The number of hydrogen-bond acceptors (Lipinski definition) is 2. The van der Waals surface area contributed by atoms with E-state index in [0.717, 1.165) is 5.56 Å². The molecule has 1 rings (SSSR count). The van der Waals surface area contributed by atoms with Crippen molar-refractivity contribution in [2.24, 2.45) is 0 Å². The van der Waals surface area contributed by atoms with Crippen molar-refractivity contribution in [3.05, 3.63) is 35.6 Å². The monoisotopic (exact) mass is 211 g/mol. The molecule has 1 aromatic rings. The van der Waals surface area contributed by atoms with Gasteiger partial charge >= 0.3 is 5.97 Å². The van der Waals surface area contributed by atoms with Crippen LogP contribution in [0.4, 0.5) is 4.39 Å². The van der Waals surface area contributed by atoms with E-state index >= 15 is 0 Å². The van der Waals surface area contributed by atoms with E-state index in [0.29, 0.717) is 19.5 Å². The summed E-state index contributed by atoms with van der Waals surface area (Å²) in [4.78, 5) is 10.2. The summed E-state index contributed by atoms with van der Waals surface area (Å²) in [6, 6.07) is 6.24. The number of halogens is 1. The molecule has 1 aromatic carbocycles. The molecular weight excluding hydrogens is 197 g/mol. The Kier molecular flexibility index (Phi) is 4.77. The van der Waals surface area contributed by atoms with Gasteiger partial charge in [0.2, 0.25) is 0 Å². The molecule has 3 nitrogen and oxygen atoms in total. The maximum Gasteiger partial charge on any atom is 0.303 e. The third-order valence-corrected chi connectivity index (χ3v) is 1.99. The zero-order chi connectivity index (χ0) is 11.1. The molecule has 0 spiro atoms. The van der Waals surface area contributed by atoms with Gasteiger partial charge in [0, 0.05) is 13.0 Å². The molecule has 0 unspecified atom stereocenters. The Morgan fingerprint density at radius 3 is 2.60 bits per heavy atom. The van der Waals surface area contributed by atoms with Gasteiger partial charge in [-0.1, -0.05) is 12.1 Å². The largest absolute Gasteiger partial charge is 0.481 e. The molecule has 2 N–H and O–H groups in total. The number of carboxylic acid groups (broad SMARTS) is 1. The standard InChI is InChI=1S/C11H14FNO2/c12-10-5-3-9(4-6-10)8-13-7-1-2-11(14)15/h3-6,13H,1-2,7-8H2,(H,14,15). The predicted molar refractivity (Wildman–Crippen MR) is 55.0 cm³/mol. The number of benzene rings is 1. The average molecular weight is 211 g/mol. The maximum atomic E-state index is 12.5. The van der Waals surface area contributed by atoms with Crippen LogP contribution in [-0.2, 0) is 11.3 Å². The normalized spacial score (nSPS) is 10.2. The van der Waals surface area contributed by atoms with Crippen LogP contribution in [0.15, 0.2) is 24.3 Å². The highest BCUT2D eigenvalue weighted by molar-refractivity contribution is 5.66. The molecule has 82 valence electrons. The first kappa shape index (κ1) is 11.7. The van der Waals surface area contributed by atoms with Gasteiger partial charge in [-0.25, -0.2) is 4.39 Å². The SMILES string of the molecule is O=C(O)CCCNCc1ccc(F)cc1. The molecule has 15 heavy (non-hydrogen) atoms. The van der Waals surface area contributed by atoms with Crippen LogP contribution in [0.5, 0.6) is 0 Å². The van der Waals surface area contributed by atoms with Gasteiger partial charge in [0.1, 0.15) is 5.82 Å². The lowest BCUT2D eigenvalue weighted by Gasteiger charge is -2.03. The van der Waals surface area contributed by atoms with Crippen LogP contribution in [0.2, 0.25) is 0 Å². The summed E-state index contributed by atoms with van der Waals surface area (Å²) in [6.45, 7) is 1.30. The molecule has 0 aliphatic heterocycles. The van der Waals surface area contributed by atoms with Crippen molar-refractivity contribution in [3.8, 4) is 0 Å². The van der Waals surface area contributed by atoms with Gasteiger partial charge < -0.3 is 10.4 Å². The molecule has 0 fully saturated rings. The van der Waals surface area contributed by atoms with Crippen molar-refractivity contribution in [2.45, 2.75) is 19.4 Å². The lowest BCUT2D eigenvalue weighted by molar-refractivity contribution is -0.137. The second-order valence-electron chi connectivity index (χ2n) is 3.30. The van der Waals surface area contributed by atoms with Crippen LogP contribution in [0, 0.1) is 5.82 Å². The summed E-state index contributed by atoms with van der Waals surface area (Å²) in [6.07, 6.45) is 0.785. The molecule has 0 radical (unpaired) electrons. The minimum Gasteiger partial charge on any atom is -0.481 e. The van der Waals surface area contributed by atoms with E-state index < -0.39 is 5.97 Å². The maximum absolute atomic E-state index is 12.5. The van der Waals surface area contributed by atoms with Crippen molar-refractivity contribution in [1.29, 1.82) is 0 Å². The topological polar surface area (TPSA) is 49.3 Å². The molecule has 0 amide bonds. The second-order valence-corrected chi connectivity index (χ2v) is 3.30. The highest BCUT2D eigenvalue weighted by atomic mass is 19.1. The number of nitrogens with one attached hydrogen (secondary N) is 1. The Morgan fingerprint density at radius 2 is 2.00 bits per heavy atom. The van der Waals surface area contributed by atoms with Gasteiger partial charge in [0.05, 0.1) is 0 Å². The van der Waals surface area contributed by atoms with E-state index in [-0.39, 0.29) is 12.2 Å². The molecule has 0 saturated heterocycles. The molecule has 4 heteroatoms. The summed E-state index contributed by atoms with van der Waals surface area (Å²) >= 11 is 0. The van der Waals surface area contributed by atoms with Crippen molar-refractivity contribution < 1.29 is 14.3 Å². The van der Waals surface area contributed by atoms with Gasteiger partial charge in [0.25, 0.3) is 0 Å². The average Bonchev–Trinajstić information content (AvgIpc) is 2.20. The fourth-order valence-electron chi connectivity index (χ4n) is 1.20. The van der Waals surface area contributed by atoms with Crippen LogP contribution in [0.1, 0.15) is 18.4 Å². The van der Waals surface area contributed by atoms with E-state index in [4.69, 9.17) is 5.11 Å². The molecule has 0 aliphatic rings. The molecule has 0 atom stereocenters. The summed E-state index contributed by atoms with van der Waals surface area (Å²) in [5.41, 5.74) is 0.992. The quantitative estimate of drug-likeness (QED) is 0.705. The van der Waals surface area contributed by atoms with Crippen LogP contribution >= 0.6 is 0 Å². The smallest absolute Gasteiger partial charge is 0.303 e. The van der Waals surface area contributed by atoms with Gasteiger partial charge in [-0.2, -0.15) is 0 Å². The highest BCUT2D eigenvalue weighted by Crippen LogP contribution is 2.01. The van der Waals surface area contributed by atoms with Crippen molar-refractivity contribution in [1.82, 2.24) is 5.32 Å². The molecule has 0 aromatic heterocycles. The Labute approximate surface area is 87.9 Å². The molecule has 0 bridgehead atoms. The van der Waals surface area contributed by atoms with Crippen LogP contribution in [0.25, 0.3) is 0 Å². The number of hydrogen-bond donors (Lipinski definition) is 2. The number of carbonyl (C=O) groups is 1. The van der Waals surface area contributed by atoms with E-state index in [1.54, 1.807) is 12.1 Å². The van der Waals surface area contributed by atoms with Gasteiger partial charge in [-0.3, -0.25) is 4.79 Å².